The first-order valence-corrected chi connectivity index (χ1v) is 11.4. The Balaban J connectivity index is 2.04. The summed E-state index contributed by atoms with van der Waals surface area (Å²) in [6.07, 6.45) is 1.72. The highest BCUT2D eigenvalue weighted by molar-refractivity contribution is 5.52. The number of hydrogen-bond acceptors (Lipinski definition) is 2. The first-order valence-electron chi connectivity index (χ1n) is 11.4. The molecule has 2 heteroatoms. The van der Waals surface area contributed by atoms with Crippen LogP contribution in [0.25, 0.3) is 0 Å². The van der Waals surface area contributed by atoms with Gasteiger partial charge in [-0.15, -0.1) is 0 Å². The molecule has 31 heavy (non-hydrogen) atoms. The third-order valence-electron chi connectivity index (χ3n) is 7.97. The summed E-state index contributed by atoms with van der Waals surface area (Å²) in [7, 11) is 0. The molecule has 0 spiro atoms. The van der Waals surface area contributed by atoms with E-state index in [2.05, 4.69) is 75.3 Å². The van der Waals surface area contributed by atoms with Gasteiger partial charge in [0, 0.05) is 24.2 Å². The van der Waals surface area contributed by atoms with Gasteiger partial charge in [0.2, 0.25) is 0 Å². The molecule has 0 fully saturated rings. The Morgan fingerprint density at radius 2 is 0.677 bits per heavy atom. The van der Waals surface area contributed by atoms with Crippen LogP contribution in [0.2, 0.25) is 0 Å². The van der Waals surface area contributed by atoms with Gasteiger partial charge in [0.1, 0.15) is 5.82 Å². The Kier molecular flexibility index (Phi) is 6.41. The van der Waals surface area contributed by atoms with Crippen LogP contribution in [0, 0.1) is 76.2 Å². The average Bonchev–Trinajstić information content (AvgIpc) is 2.74. The van der Waals surface area contributed by atoms with E-state index in [-0.39, 0.29) is 0 Å². The van der Waals surface area contributed by atoms with E-state index >= 15 is 0 Å². The maximum Gasteiger partial charge on any atom is 0.125 e. The highest BCUT2D eigenvalue weighted by Gasteiger charge is 2.16. The van der Waals surface area contributed by atoms with Crippen molar-refractivity contribution < 1.29 is 0 Å². The fourth-order valence-electron chi connectivity index (χ4n) is 4.93. The first-order chi connectivity index (χ1) is 14.4. The molecule has 2 aromatic carbocycles. The summed E-state index contributed by atoms with van der Waals surface area (Å²) in [6, 6.07) is 2.22. The molecule has 1 aromatic heterocycles. The summed E-state index contributed by atoms with van der Waals surface area (Å²) < 4.78 is 0. The molecule has 0 unspecified atom stereocenters. The lowest BCUT2D eigenvalue weighted by Gasteiger charge is -2.20. The summed E-state index contributed by atoms with van der Waals surface area (Å²) in [5, 5.41) is 0. The lowest BCUT2D eigenvalue weighted by atomic mass is 9.86. The van der Waals surface area contributed by atoms with Gasteiger partial charge >= 0.3 is 0 Å². The van der Waals surface area contributed by atoms with E-state index in [1.54, 1.807) is 0 Å². The van der Waals surface area contributed by atoms with Crippen molar-refractivity contribution in [3.63, 3.8) is 0 Å². The van der Waals surface area contributed by atoms with Crippen LogP contribution in [0.5, 0.6) is 0 Å². The Hall–Kier alpha value is -2.48. The minimum Gasteiger partial charge on any atom is -0.238 e. The van der Waals surface area contributed by atoms with Crippen LogP contribution in [0.3, 0.4) is 0 Å². The van der Waals surface area contributed by atoms with Crippen molar-refractivity contribution in [2.24, 2.45) is 0 Å². The monoisotopic (exact) mass is 414 g/mol. The smallest absolute Gasteiger partial charge is 0.125 e. The van der Waals surface area contributed by atoms with E-state index in [9.17, 15) is 0 Å². The maximum absolute atomic E-state index is 4.82. The molecular formula is C29H38N2. The first kappa shape index (κ1) is 23.2. The van der Waals surface area contributed by atoms with Crippen molar-refractivity contribution in [2.75, 3.05) is 0 Å². The van der Waals surface area contributed by atoms with Crippen LogP contribution in [0.15, 0.2) is 6.07 Å². The molecule has 2 nitrogen and oxygen atoms in total. The number of aromatic nitrogens is 2. The fourth-order valence-corrected chi connectivity index (χ4v) is 4.93. The second-order valence-corrected chi connectivity index (χ2v) is 9.46. The van der Waals surface area contributed by atoms with E-state index < -0.39 is 0 Å². The Morgan fingerprint density at radius 3 is 0.968 bits per heavy atom. The van der Waals surface area contributed by atoms with E-state index in [0.717, 1.165) is 30.1 Å². The Labute approximate surface area is 189 Å². The zero-order valence-electron chi connectivity index (χ0n) is 21.4. The van der Waals surface area contributed by atoms with Crippen molar-refractivity contribution in [1.82, 2.24) is 9.97 Å². The van der Waals surface area contributed by atoms with Crippen molar-refractivity contribution in [3.8, 4) is 0 Å². The highest BCUT2D eigenvalue weighted by Crippen LogP contribution is 2.29. The van der Waals surface area contributed by atoms with Crippen LogP contribution >= 0.6 is 0 Å². The van der Waals surface area contributed by atoms with Gasteiger partial charge in [0.05, 0.1) is 0 Å². The molecule has 0 N–H and O–H groups in total. The third kappa shape index (κ3) is 4.18. The molecule has 0 saturated carbocycles. The van der Waals surface area contributed by atoms with E-state index in [1.807, 2.05) is 6.92 Å². The number of hydrogen-bond donors (Lipinski definition) is 0. The number of nitrogens with zero attached hydrogens (tertiary/aromatic N) is 2. The minimum absolute atomic E-state index is 0.860. The zero-order valence-corrected chi connectivity index (χ0v) is 21.4. The molecular weight excluding hydrogens is 376 g/mol. The Morgan fingerprint density at radius 1 is 0.419 bits per heavy atom. The van der Waals surface area contributed by atoms with Crippen molar-refractivity contribution in [2.45, 2.75) is 89.0 Å². The van der Waals surface area contributed by atoms with E-state index in [1.165, 1.54) is 66.8 Å². The summed E-state index contributed by atoms with van der Waals surface area (Å²) in [5.74, 6) is 0.860. The van der Waals surface area contributed by atoms with Gasteiger partial charge in [0.15, 0.2) is 0 Å². The van der Waals surface area contributed by atoms with Gasteiger partial charge in [-0.05, 0) is 149 Å². The molecule has 0 bridgehead atoms. The van der Waals surface area contributed by atoms with Crippen LogP contribution in [-0.2, 0) is 12.8 Å². The zero-order chi connectivity index (χ0) is 23.2. The van der Waals surface area contributed by atoms with Gasteiger partial charge in [0.25, 0.3) is 0 Å². The Bertz CT molecular complexity index is 1030. The molecule has 0 aliphatic carbocycles. The highest BCUT2D eigenvalue weighted by atomic mass is 14.9. The second-order valence-electron chi connectivity index (χ2n) is 9.46. The molecule has 0 atom stereocenters. The van der Waals surface area contributed by atoms with Crippen molar-refractivity contribution in [1.29, 1.82) is 0 Å². The number of rotatable bonds is 4. The van der Waals surface area contributed by atoms with Crippen LogP contribution < -0.4 is 0 Å². The van der Waals surface area contributed by atoms with Gasteiger partial charge in [-0.1, -0.05) is 0 Å². The predicted octanol–water partition coefficient (Wildman–Crippen LogP) is 7.05. The fraction of sp³-hybridized carbons (Fsp3) is 0.448. The van der Waals surface area contributed by atoms with Crippen LogP contribution in [0.1, 0.15) is 84.0 Å². The molecule has 0 radical (unpaired) electrons. The SMILES string of the molecule is Cc1nc(Cc2c(C)c(C)c(C)c(C)c2C)cc(Cc2c(C)c(C)c(C)c(C)c2C)n1. The molecule has 0 amide bonds. The standard InChI is InChI=1S/C29H38N2/c1-15-17(3)21(7)28(22(8)18(15)4)13-26-12-27(31-25(11)30-26)14-29-23(9)19(5)16(2)20(6)24(29)10/h12H,13-14H2,1-11H3. The summed E-state index contributed by atoms with van der Waals surface area (Å²) >= 11 is 0. The van der Waals surface area contributed by atoms with Gasteiger partial charge in [-0.3, -0.25) is 0 Å². The molecule has 0 aliphatic heterocycles. The van der Waals surface area contributed by atoms with Crippen molar-refractivity contribution in [3.05, 3.63) is 90.0 Å². The van der Waals surface area contributed by atoms with Crippen LogP contribution in [-0.4, -0.2) is 9.97 Å². The average molecular weight is 415 g/mol. The van der Waals surface area contributed by atoms with E-state index in [4.69, 9.17) is 9.97 Å². The van der Waals surface area contributed by atoms with Gasteiger partial charge in [-0.2, -0.15) is 0 Å². The molecule has 164 valence electrons. The quantitative estimate of drug-likeness (QED) is 0.457. The second kappa shape index (κ2) is 8.57. The molecule has 0 aliphatic rings. The normalized spacial score (nSPS) is 11.3. The van der Waals surface area contributed by atoms with Gasteiger partial charge in [-0.25, -0.2) is 9.97 Å². The molecule has 3 aromatic rings. The topological polar surface area (TPSA) is 25.8 Å². The van der Waals surface area contributed by atoms with Gasteiger partial charge < -0.3 is 0 Å². The summed E-state index contributed by atoms with van der Waals surface area (Å²) in [4.78, 5) is 9.64. The third-order valence-corrected chi connectivity index (χ3v) is 7.97. The van der Waals surface area contributed by atoms with Crippen molar-refractivity contribution >= 4 is 0 Å². The summed E-state index contributed by atoms with van der Waals surface area (Å²) in [6.45, 7) is 24.5. The number of aryl methyl sites for hydroxylation is 1. The van der Waals surface area contributed by atoms with Crippen LogP contribution in [0.4, 0.5) is 0 Å². The minimum atomic E-state index is 0.860. The molecule has 1 heterocycles. The number of benzene rings is 2. The lowest BCUT2D eigenvalue weighted by Crippen LogP contribution is -2.08. The maximum atomic E-state index is 4.82. The molecule has 3 rings (SSSR count). The molecule has 0 saturated heterocycles. The van der Waals surface area contributed by atoms with E-state index in [0.29, 0.717) is 0 Å². The lowest BCUT2D eigenvalue weighted by molar-refractivity contribution is 0.901. The summed E-state index contributed by atoms with van der Waals surface area (Å²) in [5.41, 5.74) is 19.1. The largest absolute Gasteiger partial charge is 0.238 e. The predicted molar refractivity (Wildman–Crippen MR) is 133 cm³/mol.